The predicted molar refractivity (Wildman–Crippen MR) is 58.5 cm³/mol. The molecular formula is C10H22N2O3. The van der Waals surface area contributed by atoms with Crippen LogP contribution in [0, 0.1) is 0 Å². The van der Waals surface area contributed by atoms with E-state index in [0.29, 0.717) is 6.42 Å². The zero-order valence-corrected chi connectivity index (χ0v) is 9.55. The molecule has 1 amide bonds. The lowest BCUT2D eigenvalue weighted by Crippen LogP contribution is -2.55. The predicted octanol–water partition coefficient (Wildman–Crippen LogP) is -0.764. The molecule has 0 aliphatic carbocycles. The van der Waals surface area contributed by atoms with Gasteiger partial charge in [0.2, 0.25) is 5.91 Å². The molecule has 15 heavy (non-hydrogen) atoms. The first-order chi connectivity index (χ1) is 7.14. The minimum Gasteiger partial charge on any atom is -0.394 e. The maximum Gasteiger partial charge on any atom is 0.234 e. The van der Waals surface area contributed by atoms with Gasteiger partial charge in [-0.1, -0.05) is 13.8 Å². The molecule has 5 heteroatoms. The lowest BCUT2D eigenvalue weighted by Gasteiger charge is -2.29. The van der Waals surface area contributed by atoms with Crippen molar-refractivity contribution in [2.75, 3.05) is 26.3 Å². The number of nitrogens with one attached hydrogen (secondary N) is 2. The van der Waals surface area contributed by atoms with Gasteiger partial charge in [-0.15, -0.1) is 0 Å². The largest absolute Gasteiger partial charge is 0.394 e. The fraction of sp³-hybridized carbons (Fsp3) is 0.900. The highest BCUT2D eigenvalue weighted by Crippen LogP contribution is 2.07. The molecule has 0 saturated carbocycles. The van der Waals surface area contributed by atoms with Crippen molar-refractivity contribution in [1.82, 2.24) is 10.6 Å². The van der Waals surface area contributed by atoms with E-state index >= 15 is 0 Å². The molecule has 0 radical (unpaired) electrons. The number of hydrogen-bond acceptors (Lipinski definition) is 4. The van der Waals surface area contributed by atoms with Crippen molar-refractivity contribution in [1.29, 1.82) is 0 Å². The fourth-order valence-corrected chi connectivity index (χ4v) is 1.16. The molecule has 0 unspecified atom stereocenters. The van der Waals surface area contributed by atoms with Crippen molar-refractivity contribution in [3.05, 3.63) is 0 Å². The van der Waals surface area contributed by atoms with E-state index in [2.05, 4.69) is 10.6 Å². The zero-order chi connectivity index (χ0) is 11.7. The van der Waals surface area contributed by atoms with Crippen LogP contribution in [0.4, 0.5) is 0 Å². The Balaban J connectivity index is 4.00. The van der Waals surface area contributed by atoms with Gasteiger partial charge in [0, 0.05) is 0 Å². The second kappa shape index (κ2) is 7.62. The number of amides is 1. The molecule has 90 valence electrons. The molecule has 0 spiro atoms. The summed E-state index contributed by atoms with van der Waals surface area (Å²) in [6.45, 7) is 4.33. The molecule has 0 aliphatic heterocycles. The van der Waals surface area contributed by atoms with Crippen molar-refractivity contribution in [3.63, 3.8) is 0 Å². The summed E-state index contributed by atoms with van der Waals surface area (Å²) in [4.78, 5) is 11.4. The minimum absolute atomic E-state index is 0.201. The first kappa shape index (κ1) is 14.3. The average molecular weight is 218 g/mol. The smallest absolute Gasteiger partial charge is 0.234 e. The van der Waals surface area contributed by atoms with Crippen LogP contribution < -0.4 is 10.6 Å². The van der Waals surface area contributed by atoms with Gasteiger partial charge >= 0.3 is 0 Å². The van der Waals surface area contributed by atoms with Gasteiger partial charge in [0.25, 0.3) is 0 Å². The molecule has 0 atom stereocenters. The molecule has 0 rings (SSSR count). The first-order valence-electron chi connectivity index (χ1n) is 5.37. The Labute approximate surface area is 90.9 Å². The lowest BCUT2D eigenvalue weighted by atomic mass is 9.98. The molecule has 0 aromatic carbocycles. The van der Waals surface area contributed by atoms with Crippen molar-refractivity contribution in [2.45, 2.75) is 32.2 Å². The van der Waals surface area contributed by atoms with Crippen molar-refractivity contribution in [3.8, 4) is 0 Å². The van der Waals surface area contributed by atoms with Gasteiger partial charge in [0.05, 0.1) is 25.3 Å². The minimum atomic E-state index is -0.884. The second-order valence-corrected chi connectivity index (χ2v) is 3.68. The SMILES string of the molecule is CCCNCC(=O)NC(CC)(CO)CO. The molecule has 4 N–H and O–H groups in total. The van der Waals surface area contributed by atoms with E-state index in [9.17, 15) is 4.79 Å². The summed E-state index contributed by atoms with van der Waals surface area (Å²) in [7, 11) is 0. The summed E-state index contributed by atoms with van der Waals surface area (Å²) in [5.74, 6) is -0.201. The van der Waals surface area contributed by atoms with Crippen LogP contribution in [-0.2, 0) is 4.79 Å². The third-order valence-corrected chi connectivity index (χ3v) is 2.40. The van der Waals surface area contributed by atoms with E-state index in [0.717, 1.165) is 13.0 Å². The maximum atomic E-state index is 11.4. The maximum absolute atomic E-state index is 11.4. The van der Waals surface area contributed by atoms with Crippen LogP contribution in [0.25, 0.3) is 0 Å². The topological polar surface area (TPSA) is 81.6 Å². The molecule has 0 fully saturated rings. The monoisotopic (exact) mass is 218 g/mol. The molecule has 0 aliphatic rings. The standard InChI is InChI=1S/C10H22N2O3/c1-3-5-11-6-9(15)12-10(4-2,7-13)8-14/h11,13-14H,3-8H2,1-2H3,(H,12,15). The summed E-state index contributed by atoms with van der Waals surface area (Å²) in [5.41, 5.74) is -0.884. The van der Waals surface area contributed by atoms with E-state index in [1.807, 2.05) is 13.8 Å². The molecular weight excluding hydrogens is 196 g/mol. The normalized spacial score (nSPS) is 11.5. The quantitative estimate of drug-likeness (QED) is 0.403. The van der Waals surface area contributed by atoms with Crippen LogP contribution in [0.1, 0.15) is 26.7 Å². The van der Waals surface area contributed by atoms with Crippen molar-refractivity contribution in [2.24, 2.45) is 0 Å². The Bertz CT molecular complexity index is 173. The number of aliphatic hydroxyl groups excluding tert-OH is 2. The van der Waals surface area contributed by atoms with Crippen LogP contribution in [-0.4, -0.2) is 48.0 Å². The summed E-state index contributed by atoms with van der Waals surface area (Å²) < 4.78 is 0. The van der Waals surface area contributed by atoms with Crippen LogP contribution in [0.3, 0.4) is 0 Å². The van der Waals surface area contributed by atoms with E-state index in [1.54, 1.807) is 0 Å². The van der Waals surface area contributed by atoms with E-state index in [4.69, 9.17) is 10.2 Å². The van der Waals surface area contributed by atoms with E-state index in [1.165, 1.54) is 0 Å². The second-order valence-electron chi connectivity index (χ2n) is 3.68. The first-order valence-corrected chi connectivity index (χ1v) is 5.37. The average Bonchev–Trinajstić information content (AvgIpc) is 2.26. The number of carbonyl (C=O) groups excluding carboxylic acids is 1. The van der Waals surface area contributed by atoms with Crippen LogP contribution >= 0.6 is 0 Å². The van der Waals surface area contributed by atoms with Gasteiger partial charge in [0.1, 0.15) is 0 Å². The molecule has 0 heterocycles. The Morgan fingerprint density at radius 3 is 2.27 bits per heavy atom. The number of aliphatic hydroxyl groups is 2. The van der Waals surface area contributed by atoms with Gasteiger partial charge in [-0.3, -0.25) is 4.79 Å². The highest BCUT2D eigenvalue weighted by molar-refractivity contribution is 5.78. The third kappa shape index (κ3) is 5.11. The molecule has 5 nitrogen and oxygen atoms in total. The Hall–Kier alpha value is -0.650. The van der Waals surface area contributed by atoms with Gasteiger partial charge in [0.15, 0.2) is 0 Å². The Kier molecular flexibility index (Phi) is 7.29. The van der Waals surface area contributed by atoms with Crippen molar-refractivity contribution < 1.29 is 15.0 Å². The van der Waals surface area contributed by atoms with Gasteiger partial charge in [-0.05, 0) is 19.4 Å². The fourth-order valence-electron chi connectivity index (χ4n) is 1.16. The molecule has 0 saturated heterocycles. The summed E-state index contributed by atoms with van der Waals surface area (Å²) in [5, 5.41) is 23.8. The van der Waals surface area contributed by atoms with E-state index in [-0.39, 0.29) is 25.7 Å². The summed E-state index contributed by atoms with van der Waals surface area (Å²) >= 11 is 0. The highest BCUT2D eigenvalue weighted by Gasteiger charge is 2.27. The summed E-state index contributed by atoms with van der Waals surface area (Å²) in [6, 6.07) is 0. The number of hydrogen-bond donors (Lipinski definition) is 4. The van der Waals surface area contributed by atoms with Gasteiger partial charge < -0.3 is 20.8 Å². The third-order valence-electron chi connectivity index (χ3n) is 2.40. The molecule has 0 aromatic rings. The highest BCUT2D eigenvalue weighted by atomic mass is 16.3. The van der Waals surface area contributed by atoms with Crippen LogP contribution in [0.5, 0.6) is 0 Å². The number of rotatable bonds is 8. The van der Waals surface area contributed by atoms with Crippen molar-refractivity contribution >= 4 is 5.91 Å². The van der Waals surface area contributed by atoms with Crippen LogP contribution in [0.2, 0.25) is 0 Å². The van der Waals surface area contributed by atoms with Gasteiger partial charge in [-0.2, -0.15) is 0 Å². The lowest BCUT2D eigenvalue weighted by molar-refractivity contribution is -0.123. The molecule has 0 aromatic heterocycles. The van der Waals surface area contributed by atoms with Gasteiger partial charge in [-0.25, -0.2) is 0 Å². The van der Waals surface area contributed by atoms with Crippen LogP contribution in [0.15, 0.2) is 0 Å². The number of carbonyl (C=O) groups is 1. The Morgan fingerprint density at radius 2 is 1.87 bits per heavy atom. The van der Waals surface area contributed by atoms with E-state index < -0.39 is 5.54 Å². The summed E-state index contributed by atoms with van der Waals surface area (Å²) in [6.07, 6.45) is 1.46. The molecule has 0 bridgehead atoms. The zero-order valence-electron chi connectivity index (χ0n) is 9.55. The Morgan fingerprint density at radius 1 is 1.27 bits per heavy atom.